The highest BCUT2D eigenvalue weighted by atomic mass is 79.9. The molecule has 2 N–H and O–H groups in total. The minimum Gasteiger partial charge on any atom is -0.484 e. The molecule has 0 radical (unpaired) electrons. The van der Waals surface area contributed by atoms with Gasteiger partial charge in [-0.2, -0.15) is 5.10 Å². The van der Waals surface area contributed by atoms with E-state index in [1.165, 1.54) is 5.56 Å². The molecule has 25 heavy (non-hydrogen) atoms. The van der Waals surface area contributed by atoms with Gasteiger partial charge in [-0.15, -0.1) is 0 Å². The van der Waals surface area contributed by atoms with Gasteiger partial charge in [0, 0.05) is 27.1 Å². The number of hydrazone groups is 1. The lowest BCUT2D eigenvalue weighted by atomic mass is 10.1. The summed E-state index contributed by atoms with van der Waals surface area (Å²) in [5.41, 5.74) is 6.69. The second-order valence-electron chi connectivity index (χ2n) is 5.76. The molecule has 5 nitrogen and oxygen atoms in total. The summed E-state index contributed by atoms with van der Waals surface area (Å²) in [6, 6.07) is 11.7. The van der Waals surface area contributed by atoms with Gasteiger partial charge >= 0.3 is 0 Å². The molecule has 0 aliphatic carbocycles. The highest BCUT2D eigenvalue weighted by molar-refractivity contribution is 9.10. The first-order valence-electron chi connectivity index (χ1n) is 7.81. The number of nitrogens with zero attached hydrogens (tertiary/aromatic N) is 1. The van der Waals surface area contributed by atoms with Crippen molar-refractivity contribution in [3.63, 3.8) is 0 Å². The zero-order valence-electron chi connectivity index (χ0n) is 14.0. The number of hydrogen-bond acceptors (Lipinski definition) is 3. The quantitative estimate of drug-likeness (QED) is 0.501. The van der Waals surface area contributed by atoms with Crippen LogP contribution in [-0.4, -0.2) is 23.7 Å². The fraction of sp³-hybridized carbons (Fsp3) is 0.158. The molecule has 3 rings (SSSR count). The molecule has 3 aromatic rings. The molecular weight excluding hydrogens is 382 g/mol. The number of carbonyl (C=O) groups excluding carboxylic acids is 1. The van der Waals surface area contributed by atoms with Crippen molar-refractivity contribution in [1.82, 2.24) is 10.4 Å². The van der Waals surface area contributed by atoms with Gasteiger partial charge in [0.2, 0.25) is 0 Å². The summed E-state index contributed by atoms with van der Waals surface area (Å²) in [6.07, 6.45) is 3.46. The molecule has 6 heteroatoms. The van der Waals surface area contributed by atoms with Crippen molar-refractivity contribution >= 4 is 39.0 Å². The Morgan fingerprint density at radius 3 is 2.88 bits per heavy atom. The number of hydrogen-bond donors (Lipinski definition) is 2. The minimum absolute atomic E-state index is 0.0841. The number of ether oxygens (including phenoxy) is 1. The Hall–Kier alpha value is -2.60. The van der Waals surface area contributed by atoms with Gasteiger partial charge in [-0.1, -0.05) is 22.0 Å². The van der Waals surface area contributed by atoms with Crippen LogP contribution in [0.2, 0.25) is 0 Å². The van der Waals surface area contributed by atoms with Gasteiger partial charge in [0.1, 0.15) is 5.75 Å². The molecule has 0 spiro atoms. The van der Waals surface area contributed by atoms with Crippen molar-refractivity contribution in [1.29, 1.82) is 0 Å². The Morgan fingerprint density at radius 1 is 1.24 bits per heavy atom. The van der Waals surface area contributed by atoms with E-state index in [9.17, 15) is 4.79 Å². The van der Waals surface area contributed by atoms with E-state index in [2.05, 4.69) is 31.4 Å². The van der Waals surface area contributed by atoms with Crippen molar-refractivity contribution in [2.24, 2.45) is 5.10 Å². The maximum absolute atomic E-state index is 11.8. The average molecular weight is 400 g/mol. The van der Waals surface area contributed by atoms with Gasteiger partial charge in [0.25, 0.3) is 5.91 Å². The number of benzene rings is 2. The first kappa shape index (κ1) is 17.2. The van der Waals surface area contributed by atoms with Gasteiger partial charge in [-0.3, -0.25) is 4.79 Å². The molecule has 0 aliphatic heterocycles. The predicted molar refractivity (Wildman–Crippen MR) is 103 cm³/mol. The molecule has 1 heterocycles. The molecule has 0 saturated heterocycles. The molecule has 2 aromatic carbocycles. The molecule has 0 fully saturated rings. The third-order valence-electron chi connectivity index (χ3n) is 3.92. The zero-order chi connectivity index (χ0) is 17.8. The molecule has 1 aromatic heterocycles. The van der Waals surface area contributed by atoms with Crippen LogP contribution in [0.4, 0.5) is 0 Å². The molecule has 0 unspecified atom stereocenters. The lowest BCUT2D eigenvalue weighted by Gasteiger charge is -2.07. The third kappa shape index (κ3) is 4.28. The Labute approximate surface area is 154 Å². The zero-order valence-corrected chi connectivity index (χ0v) is 15.6. The van der Waals surface area contributed by atoms with Gasteiger partial charge in [-0.05, 0) is 55.3 Å². The summed E-state index contributed by atoms with van der Waals surface area (Å²) in [7, 11) is 0. The van der Waals surface area contributed by atoms with E-state index in [-0.39, 0.29) is 12.5 Å². The summed E-state index contributed by atoms with van der Waals surface area (Å²) in [5.74, 6) is 0.360. The highest BCUT2D eigenvalue weighted by Crippen LogP contribution is 2.21. The van der Waals surface area contributed by atoms with E-state index < -0.39 is 0 Å². The lowest BCUT2D eigenvalue weighted by Crippen LogP contribution is -2.24. The number of aryl methyl sites for hydroxylation is 2. The predicted octanol–water partition coefficient (Wildman–Crippen LogP) is 4.08. The summed E-state index contributed by atoms with van der Waals surface area (Å²) >= 11 is 3.45. The molecule has 0 saturated carbocycles. The number of rotatable bonds is 5. The molecule has 0 atom stereocenters. The van der Waals surface area contributed by atoms with E-state index >= 15 is 0 Å². The van der Waals surface area contributed by atoms with Crippen molar-refractivity contribution < 1.29 is 9.53 Å². The van der Waals surface area contributed by atoms with Crippen molar-refractivity contribution in [3.8, 4) is 5.75 Å². The Kier molecular flexibility index (Phi) is 5.19. The van der Waals surface area contributed by atoms with Crippen molar-refractivity contribution in [2.45, 2.75) is 13.8 Å². The average Bonchev–Trinajstić information content (AvgIpc) is 2.98. The maximum atomic E-state index is 11.8. The Balaban J connectivity index is 1.57. The number of aromatic amines is 1. The fourth-order valence-corrected chi connectivity index (χ4v) is 2.74. The minimum atomic E-state index is -0.310. The van der Waals surface area contributed by atoms with Gasteiger partial charge in [0.15, 0.2) is 6.61 Å². The summed E-state index contributed by atoms with van der Waals surface area (Å²) in [6.45, 7) is 3.95. The number of aromatic nitrogens is 1. The number of nitrogens with one attached hydrogen (secondary N) is 2. The summed E-state index contributed by atoms with van der Waals surface area (Å²) in [4.78, 5) is 15.0. The third-order valence-corrected chi connectivity index (χ3v) is 4.41. The number of amides is 1. The van der Waals surface area contributed by atoms with E-state index in [1.54, 1.807) is 6.21 Å². The lowest BCUT2D eigenvalue weighted by molar-refractivity contribution is -0.123. The topological polar surface area (TPSA) is 66.5 Å². The second kappa shape index (κ2) is 7.53. The van der Waals surface area contributed by atoms with Crippen LogP contribution in [0.25, 0.3) is 10.9 Å². The van der Waals surface area contributed by atoms with Crippen molar-refractivity contribution in [2.75, 3.05) is 6.61 Å². The van der Waals surface area contributed by atoms with Crippen LogP contribution < -0.4 is 10.2 Å². The van der Waals surface area contributed by atoms with Crippen LogP contribution in [0.1, 0.15) is 16.7 Å². The fourth-order valence-electron chi connectivity index (χ4n) is 2.38. The van der Waals surface area contributed by atoms with E-state index in [4.69, 9.17) is 4.74 Å². The molecule has 1 amide bonds. The number of fused-ring (bicyclic) bond motifs is 1. The normalized spacial score (nSPS) is 11.2. The molecule has 128 valence electrons. The van der Waals surface area contributed by atoms with E-state index in [0.29, 0.717) is 5.75 Å². The standard InChI is InChI=1S/C19H18BrN3O2/c1-12-3-5-16(7-13(12)2)25-11-19(24)23-22-10-14-9-21-18-6-4-15(20)8-17(14)18/h3-10,21H,11H2,1-2H3,(H,23,24)/b22-10+. The van der Waals surface area contributed by atoms with Gasteiger partial charge < -0.3 is 9.72 Å². The number of halogens is 1. The van der Waals surface area contributed by atoms with E-state index in [1.807, 2.05) is 56.4 Å². The number of carbonyl (C=O) groups is 1. The largest absolute Gasteiger partial charge is 0.484 e. The molecular formula is C19H18BrN3O2. The molecule has 0 aliphatic rings. The van der Waals surface area contributed by atoms with Crippen LogP contribution >= 0.6 is 15.9 Å². The Bertz CT molecular complexity index is 947. The van der Waals surface area contributed by atoms with Crippen LogP contribution in [0.15, 0.2) is 52.2 Å². The molecule has 0 bridgehead atoms. The van der Waals surface area contributed by atoms with Crippen LogP contribution in [-0.2, 0) is 4.79 Å². The summed E-state index contributed by atoms with van der Waals surface area (Å²) < 4.78 is 6.47. The smallest absolute Gasteiger partial charge is 0.277 e. The monoisotopic (exact) mass is 399 g/mol. The van der Waals surface area contributed by atoms with Crippen LogP contribution in [0.5, 0.6) is 5.75 Å². The first-order valence-corrected chi connectivity index (χ1v) is 8.61. The van der Waals surface area contributed by atoms with E-state index in [0.717, 1.165) is 26.5 Å². The maximum Gasteiger partial charge on any atom is 0.277 e. The Morgan fingerprint density at radius 2 is 2.08 bits per heavy atom. The number of H-pyrrole nitrogens is 1. The van der Waals surface area contributed by atoms with Gasteiger partial charge in [0.05, 0.1) is 6.21 Å². The first-order chi connectivity index (χ1) is 12.0. The van der Waals surface area contributed by atoms with Crippen LogP contribution in [0, 0.1) is 13.8 Å². The van der Waals surface area contributed by atoms with Crippen molar-refractivity contribution in [3.05, 3.63) is 63.8 Å². The summed E-state index contributed by atoms with van der Waals surface area (Å²) in [5, 5.41) is 5.02. The van der Waals surface area contributed by atoms with Gasteiger partial charge in [-0.25, -0.2) is 5.43 Å². The van der Waals surface area contributed by atoms with Crippen LogP contribution in [0.3, 0.4) is 0 Å². The SMILES string of the molecule is Cc1ccc(OCC(=O)N/N=C/c2c[nH]c3ccc(Br)cc23)cc1C. The highest BCUT2D eigenvalue weighted by Gasteiger charge is 2.04. The second-order valence-corrected chi connectivity index (χ2v) is 6.68.